The second-order valence-electron chi connectivity index (χ2n) is 7.18. The van der Waals surface area contributed by atoms with E-state index < -0.39 is 0 Å². The second-order valence-corrected chi connectivity index (χ2v) is 7.18. The second kappa shape index (κ2) is 11.3. The fourth-order valence-corrected chi connectivity index (χ4v) is 2.38. The van der Waals surface area contributed by atoms with Crippen LogP contribution in [-0.2, 0) is 11.2 Å². The van der Waals surface area contributed by atoms with Crippen molar-refractivity contribution in [3.05, 3.63) is 34.9 Å². The summed E-state index contributed by atoms with van der Waals surface area (Å²) in [5.74, 6) is 0.812. The van der Waals surface area contributed by atoms with E-state index in [0.29, 0.717) is 13.1 Å². The van der Waals surface area contributed by atoms with Gasteiger partial charge in [0.1, 0.15) is 0 Å². The Hall–Kier alpha value is -1.31. The van der Waals surface area contributed by atoms with E-state index in [9.17, 15) is 4.79 Å². The summed E-state index contributed by atoms with van der Waals surface area (Å²) in [6, 6.07) is 6.61. The maximum Gasteiger partial charge on any atom is 0.225 e. The molecule has 25 heavy (non-hydrogen) atoms. The van der Waals surface area contributed by atoms with Gasteiger partial charge in [0.25, 0.3) is 0 Å². The van der Waals surface area contributed by atoms with Crippen LogP contribution in [0.15, 0.2) is 23.2 Å². The molecule has 0 fully saturated rings. The number of hydrogen-bond acceptors (Lipinski definition) is 2. The van der Waals surface area contributed by atoms with E-state index in [2.05, 4.69) is 53.0 Å². The zero-order valence-electron chi connectivity index (χ0n) is 16.3. The number of guanidine groups is 1. The molecule has 0 heterocycles. The predicted molar refractivity (Wildman–Crippen MR) is 117 cm³/mol. The SMILES string of the molecule is CN=C(NCCNC(=O)C(C)(C)C)NCCc1cc(C)cc(C)c1.I. The van der Waals surface area contributed by atoms with Gasteiger partial charge >= 0.3 is 0 Å². The molecule has 1 amide bonds. The maximum atomic E-state index is 11.8. The summed E-state index contributed by atoms with van der Waals surface area (Å²) >= 11 is 0. The summed E-state index contributed by atoms with van der Waals surface area (Å²) in [4.78, 5) is 16.0. The van der Waals surface area contributed by atoms with Gasteiger partial charge in [0, 0.05) is 32.1 Å². The summed E-state index contributed by atoms with van der Waals surface area (Å²) in [7, 11) is 1.75. The Kier molecular flexibility index (Phi) is 10.7. The maximum absolute atomic E-state index is 11.8. The minimum atomic E-state index is -0.355. The molecule has 0 spiro atoms. The normalized spacial score (nSPS) is 11.5. The van der Waals surface area contributed by atoms with Crippen molar-refractivity contribution in [2.24, 2.45) is 10.4 Å². The van der Waals surface area contributed by atoms with Gasteiger partial charge in [-0.05, 0) is 25.8 Å². The van der Waals surface area contributed by atoms with E-state index in [4.69, 9.17) is 0 Å². The lowest BCUT2D eigenvalue weighted by Crippen LogP contribution is -2.43. The van der Waals surface area contributed by atoms with Gasteiger partial charge in [-0.15, -0.1) is 24.0 Å². The van der Waals surface area contributed by atoms with E-state index in [1.54, 1.807) is 7.05 Å². The molecule has 0 bridgehead atoms. The summed E-state index contributed by atoms with van der Waals surface area (Å²) < 4.78 is 0. The smallest absolute Gasteiger partial charge is 0.225 e. The van der Waals surface area contributed by atoms with Crippen molar-refractivity contribution in [2.75, 3.05) is 26.7 Å². The van der Waals surface area contributed by atoms with E-state index >= 15 is 0 Å². The van der Waals surface area contributed by atoms with Gasteiger partial charge in [-0.1, -0.05) is 50.1 Å². The molecule has 0 radical (unpaired) electrons. The number of benzene rings is 1. The van der Waals surface area contributed by atoms with Crippen LogP contribution in [0.1, 0.15) is 37.5 Å². The zero-order chi connectivity index (χ0) is 18.2. The van der Waals surface area contributed by atoms with Crippen molar-refractivity contribution >= 4 is 35.8 Å². The molecule has 142 valence electrons. The van der Waals surface area contributed by atoms with E-state index in [0.717, 1.165) is 18.9 Å². The lowest BCUT2D eigenvalue weighted by Gasteiger charge is -2.18. The molecule has 0 saturated carbocycles. The van der Waals surface area contributed by atoms with Crippen LogP contribution in [0.3, 0.4) is 0 Å². The molecule has 5 nitrogen and oxygen atoms in total. The molecule has 1 rings (SSSR count). The summed E-state index contributed by atoms with van der Waals surface area (Å²) in [6.07, 6.45) is 0.948. The number of hydrogen-bond donors (Lipinski definition) is 3. The van der Waals surface area contributed by atoms with Crippen molar-refractivity contribution < 1.29 is 4.79 Å². The van der Waals surface area contributed by atoms with E-state index in [-0.39, 0.29) is 35.3 Å². The summed E-state index contributed by atoms with van der Waals surface area (Å²) in [5.41, 5.74) is 3.56. The number of aryl methyl sites for hydroxylation is 2. The van der Waals surface area contributed by atoms with Crippen molar-refractivity contribution in [3.8, 4) is 0 Å². The third-order valence-corrected chi connectivity index (χ3v) is 3.60. The van der Waals surface area contributed by atoms with Crippen LogP contribution in [0.5, 0.6) is 0 Å². The van der Waals surface area contributed by atoms with Crippen LogP contribution in [0, 0.1) is 19.3 Å². The molecule has 1 aromatic rings. The highest BCUT2D eigenvalue weighted by molar-refractivity contribution is 14.0. The lowest BCUT2D eigenvalue weighted by molar-refractivity contribution is -0.128. The third-order valence-electron chi connectivity index (χ3n) is 3.60. The van der Waals surface area contributed by atoms with Gasteiger partial charge in [-0.25, -0.2) is 0 Å². The molecule has 0 aliphatic rings. The number of nitrogens with one attached hydrogen (secondary N) is 3. The molecule has 0 aliphatic carbocycles. The fraction of sp³-hybridized carbons (Fsp3) is 0.579. The molecular weight excluding hydrogens is 427 g/mol. The van der Waals surface area contributed by atoms with Crippen LogP contribution in [0.2, 0.25) is 0 Å². The van der Waals surface area contributed by atoms with Crippen molar-refractivity contribution in [1.29, 1.82) is 0 Å². The minimum absolute atomic E-state index is 0. The summed E-state index contributed by atoms with van der Waals surface area (Å²) in [5, 5.41) is 9.42. The van der Waals surface area contributed by atoms with E-state index in [1.165, 1.54) is 16.7 Å². The molecule has 0 aliphatic heterocycles. The number of carbonyl (C=O) groups is 1. The highest BCUT2D eigenvalue weighted by atomic mass is 127. The molecule has 1 aromatic carbocycles. The quantitative estimate of drug-likeness (QED) is 0.265. The Labute approximate surface area is 169 Å². The number of halogens is 1. The molecular formula is C19H33IN4O. The number of aliphatic imine (C=N–C) groups is 1. The van der Waals surface area contributed by atoms with Gasteiger partial charge in [-0.2, -0.15) is 0 Å². The first-order chi connectivity index (χ1) is 11.2. The monoisotopic (exact) mass is 460 g/mol. The predicted octanol–water partition coefficient (Wildman–Crippen LogP) is 2.79. The third kappa shape index (κ3) is 9.67. The molecule has 3 N–H and O–H groups in total. The van der Waals surface area contributed by atoms with Crippen molar-refractivity contribution in [1.82, 2.24) is 16.0 Å². The number of carbonyl (C=O) groups excluding carboxylic acids is 1. The first-order valence-electron chi connectivity index (χ1n) is 8.52. The van der Waals surface area contributed by atoms with Crippen LogP contribution < -0.4 is 16.0 Å². The zero-order valence-corrected chi connectivity index (χ0v) is 18.7. The molecule has 0 saturated heterocycles. The van der Waals surface area contributed by atoms with Crippen LogP contribution in [0.4, 0.5) is 0 Å². The van der Waals surface area contributed by atoms with E-state index in [1.807, 2.05) is 20.8 Å². The molecule has 0 aromatic heterocycles. The van der Waals surface area contributed by atoms with Gasteiger partial charge in [0.15, 0.2) is 5.96 Å². The highest BCUT2D eigenvalue weighted by Gasteiger charge is 2.20. The topological polar surface area (TPSA) is 65.5 Å². The standard InChI is InChI=1S/C19H32N4O.HI/c1-14-11-15(2)13-16(12-14)7-8-22-18(20-6)23-10-9-21-17(24)19(3,4)5;/h11-13H,7-10H2,1-6H3,(H,21,24)(H2,20,22,23);1H. The van der Waals surface area contributed by atoms with Gasteiger partial charge in [-0.3, -0.25) is 9.79 Å². The number of amides is 1. The first-order valence-corrected chi connectivity index (χ1v) is 8.52. The van der Waals surface area contributed by atoms with Crippen LogP contribution >= 0.6 is 24.0 Å². The fourth-order valence-electron chi connectivity index (χ4n) is 2.38. The van der Waals surface area contributed by atoms with Gasteiger partial charge in [0.05, 0.1) is 0 Å². The lowest BCUT2D eigenvalue weighted by atomic mass is 9.96. The van der Waals surface area contributed by atoms with Gasteiger partial charge < -0.3 is 16.0 Å². The summed E-state index contributed by atoms with van der Waals surface area (Å²) in [6.45, 7) is 12.0. The Balaban J connectivity index is 0.00000576. The molecule has 0 atom stereocenters. The molecule has 6 heteroatoms. The largest absolute Gasteiger partial charge is 0.356 e. The van der Waals surface area contributed by atoms with Crippen molar-refractivity contribution in [3.63, 3.8) is 0 Å². The average Bonchev–Trinajstić information content (AvgIpc) is 2.47. The Morgan fingerprint density at radius 2 is 1.48 bits per heavy atom. The highest BCUT2D eigenvalue weighted by Crippen LogP contribution is 2.11. The number of rotatable bonds is 6. The molecule has 0 unspecified atom stereocenters. The van der Waals surface area contributed by atoms with Gasteiger partial charge in [0.2, 0.25) is 5.91 Å². The average molecular weight is 460 g/mol. The number of nitrogens with zero attached hydrogens (tertiary/aromatic N) is 1. The minimum Gasteiger partial charge on any atom is -0.356 e. The Morgan fingerprint density at radius 1 is 0.960 bits per heavy atom. The van der Waals surface area contributed by atoms with Crippen LogP contribution in [-0.4, -0.2) is 38.5 Å². The Bertz CT molecular complexity index is 559. The Morgan fingerprint density at radius 3 is 2.00 bits per heavy atom. The van der Waals surface area contributed by atoms with Crippen LogP contribution in [0.25, 0.3) is 0 Å². The van der Waals surface area contributed by atoms with Crippen molar-refractivity contribution in [2.45, 2.75) is 41.0 Å². The first kappa shape index (κ1) is 23.7.